The first-order chi connectivity index (χ1) is 17.7. The molecule has 2 fully saturated rings. The minimum Gasteiger partial charge on any atom is -0.418 e. The number of hydrogen-bond acceptors (Lipinski definition) is 8. The third-order valence-electron chi connectivity index (χ3n) is 7.13. The Balaban J connectivity index is 1.25. The van der Waals surface area contributed by atoms with E-state index in [0.717, 1.165) is 41.1 Å². The molecule has 0 unspecified atom stereocenters. The number of hydrogen-bond donors (Lipinski definition) is 2. The summed E-state index contributed by atoms with van der Waals surface area (Å²) >= 11 is 8.23. The van der Waals surface area contributed by atoms with Crippen molar-refractivity contribution in [1.29, 1.82) is 0 Å². The lowest BCUT2D eigenvalue weighted by molar-refractivity contribution is -0.313. The minimum absolute atomic E-state index is 0.275. The monoisotopic (exact) mass is 540 g/mol. The normalized spacial score (nSPS) is 22.3. The van der Waals surface area contributed by atoms with Gasteiger partial charge in [0, 0.05) is 38.0 Å². The number of piperidine rings is 1. The molecule has 0 spiro atoms. The van der Waals surface area contributed by atoms with Crippen LogP contribution in [0.4, 0.5) is 5.82 Å². The summed E-state index contributed by atoms with van der Waals surface area (Å²) in [5, 5.41) is 12.8. The number of thiophene rings is 1. The van der Waals surface area contributed by atoms with Gasteiger partial charge in [-0.2, -0.15) is 0 Å². The van der Waals surface area contributed by atoms with Crippen LogP contribution in [0.1, 0.15) is 37.5 Å². The molecular weight excluding hydrogens is 516 g/mol. The molecule has 4 aromatic rings. The smallest absolute Gasteiger partial charge is 0.418 e. The lowest BCUT2D eigenvalue weighted by atomic mass is 9.90. The number of anilines is 1. The predicted octanol–water partition coefficient (Wildman–Crippen LogP) is 5.32. The highest BCUT2D eigenvalue weighted by Gasteiger charge is 2.56. The summed E-state index contributed by atoms with van der Waals surface area (Å²) in [7, 11) is 0. The van der Waals surface area contributed by atoms with Crippen molar-refractivity contribution in [3.63, 3.8) is 0 Å². The molecule has 0 bridgehead atoms. The van der Waals surface area contributed by atoms with Crippen molar-refractivity contribution in [1.82, 2.24) is 4.98 Å². The molecule has 6 rings (SSSR count). The number of aliphatic hydroxyl groups excluding tert-OH is 1. The molecular formula is C27H25ClN2O6S. The van der Waals surface area contributed by atoms with E-state index in [4.69, 9.17) is 25.8 Å². The molecule has 0 aliphatic carbocycles. The summed E-state index contributed by atoms with van der Waals surface area (Å²) in [6, 6.07) is 15.9. The number of carbonyl (C=O) groups is 2. The Morgan fingerprint density at radius 2 is 1.92 bits per heavy atom. The molecule has 0 amide bonds. The number of cyclic esters (lactones) is 2. The van der Waals surface area contributed by atoms with Crippen LogP contribution in [-0.4, -0.2) is 46.7 Å². The second-order valence-corrected chi connectivity index (χ2v) is 11.1. The largest absolute Gasteiger partial charge is 0.449 e. The van der Waals surface area contributed by atoms with Crippen molar-refractivity contribution in [3.8, 4) is 5.75 Å². The predicted molar refractivity (Wildman–Crippen MR) is 141 cm³/mol. The number of aromatic nitrogens is 1. The number of fused-ring (bicyclic) bond motifs is 2. The Labute approximate surface area is 221 Å². The second-order valence-electron chi connectivity index (χ2n) is 9.60. The Morgan fingerprint density at radius 3 is 2.62 bits per heavy atom. The van der Waals surface area contributed by atoms with Gasteiger partial charge in [-0.05, 0) is 69.0 Å². The summed E-state index contributed by atoms with van der Waals surface area (Å²) in [4.78, 5) is 30.5. The zero-order valence-corrected chi connectivity index (χ0v) is 21.8. The van der Waals surface area contributed by atoms with Crippen molar-refractivity contribution < 1.29 is 28.9 Å². The van der Waals surface area contributed by atoms with Gasteiger partial charge in [-0.1, -0.05) is 23.7 Å². The third kappa shape index (κ3) is 4.11. The zero-order chi connectivity index (χ0) is 25.9. The first-order valence-electron chi connectivity index (χ1n) is 12.1. The van der Waals surface area contributed by atoms with Crippen LogP contribution in [0.25, 0.3) is 21.0 Å². The summed E-state index contributed by atoms with van der Waals surface area (Å²) in [6.45, 7) is 4.41. The molecule has 3 atom stereocenters. The number of aromatic amines is 1. The fourth-order valence-electron chi connectivity index (χ4n) is 5.20. The highest BCUT2D eigenvalue weighted by Crippen LogP contribution is 2.42. The van der Waals surface area contributed by atoms with E-state index in [0.29, 0.717) is 17.1 Å². The van der Waals surface area contributed by atoms with Crippen LogP contribution in [0.5, 0.6) is 5.75 Å². The van der Waals surface area contributed by atoms with Crippen LogP contribution in [0, 0.1) is 0 Å². The SMILES string of the molecule is C[C@H](O)C1(Oc2cccc3[nH]c(N4CC[C@@H](c5cc6c(Cl)cccc6s5)C[C@@H]4C)cc23)OC(=O)C(=O)O1. The first-order valence-corrected chi connectivity index (χ1v) is 13.3. The standard InChI is InChI=1S/C27H25ClN2O6S/c1-14-11-16(23-12-17-19(28)5-3-8-22(17)37-23)9-10-30(14)24-13-18-20(29-24)6-4-7-21(18)34-27(15(2)31)35-25(32)26(33)36-27/h3-8,12-16,29,31H,9-11H2,1-2H3/t14-,15-,16+/m0/s1. The van der Waals surface area contributed by atoms with Gasteiger partial charge in [0.1, 0.15) is 11.6 Å². The molecule has 10 heteroatoms. The van der Waals surface area contributed by atoms with Gasteiger partial charge in [0.25, 0.3) is 0 Å². The van der Waals surface area contributed by atoms with Crippen molar-refractivity contribution in [3.05, 3.63) is 58.4 Å². The molecule has 2 N–H and O–H groups in total. The van der Waals surface area contributed by atoms with Gasteiger partial charge < -0.3 is 29.2 Å². The van der Waals surface area contributed by atoms with Gasteiger partial charge in [0.2, 0.25) is 0 Å². The number of benzene rings is 2. The van der Waals surface area contributed by atoms with Crippen molar-refractivity contribution >= 4 is 61.7 Å². The third-order valence-corrected chi connectivity index (χ3v) is 8.72. The molecule has 2 saturated heterocycles. The van der Waals surface area contributed by atoms with Crippen LogP contribution in [0.3, 0.4) is 0 Å². The van der Waals surface area contributed by atoms with Crippen LogP contribution < -0.4 is 9.64 Å². The van der Waals surface area contributed by atoms with Crippen molar-refractivity contribution in [2.24, 2.45) is 0 Å². The quantitative estimate of drug-likeness (QED) is 0.261. The molecule has 2 aromatic heterocycles. The van der Waals surface area contributed by atoms with Crippen LogP contribution in [0.15, 0.2) is 48.5 Å². The highest BCUT2D eigenvalue weighted by atomic mass is 35.5. The highest BCUT2D eigenvalue weighted by molar-refractivity contribution is 7.19. The lowest BCUT2D eigenvalue weighted by Gasteiger charge is -2.38. The van der Waals surface area contributed by atoms with Gasteiger partial charge in [-0.3, -0.25) is 0 Å². The molecule has 192 valence electrons. The Bertz CT molecular complexity index is 1510. The number of ether oxygens (including phenoxy) is 3. The van der Waals surface area contributed by atoms with Crippen LogP contribution in [0.2, 0.25) is 5.02 Å². The topological polar surface area (TPSA) is 101 Å². The number of H-pyrrole nitrogens is 1. The number of nitrogens with one attached hydrogen (secondary N) is 1. The van der Waals surface area contributed by atoms with E-state index in [1.165, 1.54) is 16.5 Å². The number of esters is 2. The van der Waals surface area contributed by atoms with E-state index in [1.807, 2.05) is 35.6 Å². The average Bonchev–Trinajstić information content (AvgIpc) is 3.56. The van der Waals surface area contributed by atoms with E-state index in [-0.39, 0.29) is 6.04 Å². The molecule has 0 saturated carbocycles. The fourth-order valence-corrected chi connectivity index (χ4v) is 6.73. The fraction of sp³-hybridized carbons (Fsp3) is 0.333. The van der Waals surface area contributed by atoms with Crippen molar-refractivity contribution in [2.75, 3.05) is 11.4 Å². The zero-order valence-electron chi connectivity index (χ0n) is 20.2. The van der Waals surface area contributed by atoms with Crippen LogP contribution >= 0.6 is 22.9 Å². The first kappa shape index (κ1) is 24.1. The molecule has 4 heterocycles. The van der Waals surface area contributed by atoms with E-state index in [1.54, 1.807) is 12.1 Å². The van der Waals surface area contributed by atoms with Gasteiger partial charge in [0.15, 0.2) is 6.10 Å². The summed E-state index contributed by atoms with van der Waals surface area (Å²) in [5.41, 5.74) is 0.803. The molecule has 2 aliphatic heterocycles. The number of carbonyl (C=O) groups excluding carboxylic acids is 2. The average molecular weight is 541 g/mol. The van der Waals surface area contributed by atoms with Gasteiger partial charge in [-0.25, -0.2) is 9.59 Å². The molecule has 2 aromatic carbocycles. The summed E-state index contributed by atoms with van der Waals surface area (Å²) < 4.78 is 17.0. The number of nitrogens with zero attached hydrogens (tertiary/aromatic N) is 1. The Hall–Kier alpha value is -3.27. The van der Waals surface area contributed by atoms with Gasteiger partial charge in [-0.15, -0.1) is 11.3 Å². The van der Waals surface area contributed by atoms with Gasteiger partial charge >= 0.3 is 17.9 Å². The molecule has 37 heavy (non-hydrogen) atoms. The molecule has 0 radical (unpaired) electrons. The van der Waals surface area contributed by atoms with E-state index < -0.39 is 24.0 Å². The van der Waals surface area contributed by atoms with E-state index in [9.17, 15) is 14.7 Å². The summed E-state index contributed by atoms with van der Waals surface area (Å²) in [6.07, 6.45) is 0.601. The lowest BCUT2D eigenvalue weighted by Crippen LogP contribution is -2.47. The van der Waals surface area contributed by atoms with Crippen molar-refractivity contribution in [2.45, 2.75) is 50.7 Å². The maximum Gasteiger partial charge on any atom is 0.449 e. The maximum atomic E-state index is 11.7. The van der Waals surface area contributed by atoms with Gasteiger partial charge in [0.05, 0.1) is 5.52 Å². The number of aliphatic hydroxyl groups is 1. The van der Waals surface area contributed by atoms with E-state index >= 15 is 0 Å². The summed E-state index contributed by atoms with van der Waals surface area (Å²) in [5.74, 6) is -2.93. The Morgan fingerprint density at radius 1 is 1.16 bits per heavy atom. The molecule has 8 nitrogen and oxygen atoms in total. The number of rotatable bonds is 5. The second kappa shape index (κ2) is 8.93. The van der Waals surface area contributed by atoms with Crippen LogP contribution in [-0.2, 0) is 19.1 Å². The molecule has 2 aliphatic rings. The number of halogens is 1. The Kier molecular flexibility index (Phi) is 5.82. The maximum absolute atomic E-state index is 11.7. The minimum atomic E-state index is -2.22. The van der Waals surface area contributed by atoms with E-state index in [2.05, 4.69) is 28.9 Å².